The molecule has 1 aliphatic rings. The molecule has 2 rings (SSSR count). The summed E-state index contributed by atoms with van der Waals surface area (Å²) in [5.74, 6) is 3.02. The molecule has 0 bridgehead atoms. The van der Waals surface area contributed by atoms with Crippen molar-refractivity contribution in [2.75, 3.05) is 39.3 Å². The summed E-state index contributed by atoms with van der Waals surface area (Å²) in [5.41, 5.74) is 0.159. The first-order valence-electron chi connectivity index (χ1n) is 6.66. The van der Waals surface area contributed by atoms with Gasteiger partial charge in [0.15, 0.2) is 0 Å². The molecular formula is C15H23NO2S. The fourth-order valence-electron chi connectivity index (χ4n) is 2.80. The van der Waals surface area contributed by atoms with Crippen LogP contribution in [0, 0.1) is 5.92 Å². The third-order valence-corrected chi connectivity index (χ3v) is 4.91. The smallest absolute Gasteiger partial charge is 0.124 e. The first-order chi connectivity index (χ1) is 9.08. The Hall–Kier alpha value is -0.710. The molecule has 0 amide bonds. The van der Waals surface area contributed by atoms with Crippen molar-refractivity contribution in [2.45, 2.75) is 12.0 Å². The van der Waals surface area contributed by atoms with E-state index in [9.17, 15) is 5.11 Å². The van der Waals surface area contributed by atoms with Crippen LogP contribution in [0.2, 0.25) is 0 Å². The van der Waals surface area contributed by atoms with Crippen LogP contribution in [0.15, 0.2) is 24.3 Å². The summed E-state index contributed by atoms with van der Waals surface area (Å²) in [6.45, 7) is 0.890. The van der Waals surface area contributed by atoms with Crippen LogP contribution in [-0.4, -0.2) is 49.3 Å². The van der Waals surface area contributed by atoms with Crippen molar-refractivity contribution in [3.63, 3.8) is 0 Å². The first kappa shape index (κ1) is 14.7. The lowest BCUT2D eigenvalue weighted by atomic mass is 9.79. The molecule has 0 aliphatic carbocycles. The van der Waals surface area contributed by atoms with Crippen LogP contribution in [0.1, 0.15) is 12.0 Å². The fraction of sp³-hybridized carbons (Fsp3) is 0.600. The molecule has 19 heavy (non-hydrogen) atoms. The zero-order valence-corrected chi connectivity index (χ0v) is 12.7. The Morgan fingerprint density at radius 3 is 2.84 bits per heavy atom. The quantitative estimate of drug-likeness (QED) is 0.917. The van der Waals surface area contributed by atoms with Crippen LogP contribution in [0.4, 0.5) is 0 Å². The van der Waals surface area contributed by atoms with Crippen LogP contribution >= 0.6 is 11.8 Å². The Bertz CT molecular complexity index is 424. The van der Waals surface area contributed by atoms with Crippen molar-refractivity contribution in [3.05, 3.63) is 29.8 Å². The molecule has 2 atom stereocenters. The van der Waals surface area contributed by atoms with Gasteiger partial charge in [-0.25, -0.2) is 0 Å². The average molecular weight is 281 g/mol. The maximum atomic E-state index is 11.2. The van der Waals surface area contributed by atoms with Gasteiger partial charge in [-0.3, -0.25) is 0 Å². The van der Waals surface area contributed by atoms with E-state index in [-0.39, 0.29) is 5.92 Å². The number of rotatable bonds is 4. The Labute approximate surface area is 120 Å². The van der Waals surface area contributed by atoms with Crippen molar-refractivity contribution >= 4 is 11.8 Å². The summed E-state index contributed by atoms with van der Waals surface area (Å²) in [4.78, 5) is 2.15. The summed E-state index contributed by atoms with van der Waals surface area (Å²) in [6.07, 6.45) is 0.788. The zero-order valence-electron chi connectivity index (χ0n) is 11.9. The molecule has 1 aromatic rings. The van der Waals surface area contributed by atoms with E-state index in [2.05, 4.69) is 19.0 Å². The van der Waals surface area contributed by atoms with E-state index in [1.165, 1.54) is 0 Å². The summed E-state index contributed by atoms with van der Waals surface area (Å²) < 4.78 is 5.44. The topological polar surface area (TPSA) is 32.7 Å². The standard InChI is InChI=1S/C15H23NO2S/c1-16(2)10-12-11-19-9-8-15(12,17)13-6-4-5-7-14(13)18-3/h4-7,12,17H,8-11H2,1-3H3. The number of hydrogen-bond donors (Lipinski definition) is 1. The highest BCUT2D eigenvalue weighted by atomic mass is 32.2. The van der Waals surface area contributed by atoms with Crippen molar-refractivity contribution in [2.24, 2.45) is 5.92 Å². The molecule has 1 N–H and O–H groups in total. The van der Waals surface area contributed by atoms with E-state index in [1.807, 2.05) is 36.0 Å². The summed E-state index contributed by atoms with van der Waals surface area (Å²) in [7, 11) is 5.78. The van der Waals surface area contributed by atoms with Gasteiger partial charge in [-0.15, -0.1) is 0 Å². The number of ether oxygens (including phenoxy) is 1. The minimum atomic E-state index is -0.776. The second-order valence-electron chi connectivity index (χ2n) is 5.41. The molecule has 0 radical (unpaired) electrons. The van der Waals surface area contributed by atoms with Crippen molar-refractivity contribution in [1.82, 2.24) is 4.90 Å². The lowest BCUT2D eigenvalue weighted by Gasteiger charge is -2.41. The van der Waals surface area contributed by atoms with Crippen LogP contribution < -0.4 is 4.74 Å². The highest BCUT2D eigenvalue weighted by Crippen LogP contribution is 2.43. The number of hydrogen-bond acceptors (Lipinski definition) is 4. The number of nitrogens with zero attached hydrogens (tertiary/aromatic N) is 1. The van der Waals surface area contributed by atoms with Gasteiger partial charge in [0.1, 0.15) is 5.75 Å². The minimum absolute atomic E-state index is 0.234. The highest BCUT2D eigenvalue weighted by molar-refractivity contribution is 7.99. The molecule has 1 heterocycles. The molecule has 0 spiro atoms. The molecule has 2 unspecified atom stereocenters. The third-order valence-electron chi connectivity index (χ3n) is 3.78. The van der Waals surface area contributed by atoms with E-state index >= 15 is 0 Å². The molecule has 3 nitrogen and oxygen atoms in total. The van der Waals surface area contributed by atoms with E-state index in [0.717, 1.165) is 35.8 Å². The zero-order chi connectivity index (χ0) is 13.9. The van der Waals surface area contributed by atoms with E-state index in [4.69, 9.17) is 4.74 Å². The lowest BCUT2D eigenvalue weighted by Crippen LogP contribution is -2.45. The van der Waals surface area contributed by atoms with Gasteiger partial charge in [-0.05, 0) is 32.3 Å². The molecule has 0 saturated carbocycles. The van der Waals surface area contributed by atoms with Crippen LogP contribution in [-0.2, 0) is 5.60 Å². The number of para-hydroxylation sites is 1. The van der Waals surface area contributed by atoms with Gasteiger partial charge >= 0.3 is 0 Å². The minimum Gasteiger partial charge on any atom is -0.496 e. The van der Waals surface area contributed by atoms with Crippen molar-refractivity contribution < 1.29 is 9.84 Å². The normalized spacial score (nSPS) is 27.5. The maximum absolute atomic E-state index is 11.2. The molecule has 4 heteroatoms. The van der Waals surface area contributed by atoms with Gasteiger partial charge in [0.05, 0.1) is 12.7 Å². The second kappa shape index (κ2) is 6.16. The van der Waals surface area contributed by atoms with E-state index in [0.29, 0.717) is 0 Å². The Morgan fingerprint density at radius 1 is 1.42 bits per heavy atom. The maximum Gasteiger partial charge on any atom is 0.124 e. The van der Waals surface area contributed by atoms with Gasteiger partial charge in [0, 0.05) is 23.8 Å². The molecule has 106 valence electrons. The molecule has 1 aliphatic heterocycles. The Balaban J connectivity index is 2.36. The fourth-order valence-corrected chi connectivity index (χ4v) is 4.08. The van der Waals surface area contributed by atoms with E-state index < -0.39 is 5.60 Å². The number of methoxy groups -OCH3 is 1. The predicted octanol–water partition coefficient (Wildman–Crippen LogP) is 2.20. The number of benzene rings is 1. The second-order valence-corrected chi connectivity index (χ2v) is 6.56. The molecule has 0 aromatic heterocycles. The van der Waals surface area contributed by atoms with Crippen LogP contribution in [0.3, 0.4) is 0 Å². The van der Waals surface area contributed by atoms with E-state index in [1.54, 1.807) is 7.11 Å². The van der Waals surface area contributed by atoms with Crippen molar-refractivity contribution in [3.8, 4) is 5.75 Å². The molecule has 1 aromatic carbocycles. The highest BCUT2D eigenvalue weighted by Gasteiger charge is 2.42. The number of aliphatic hydroxyl groups is 1. The third kappa shape index (κ3) is 3.07. The average Bonchev–Trinajstić information content (AvgIpc) is 2.41. The predicted molar refractivity (Wildman–Crippen MR) is 80.9 cm³/mol. The van der Waals surface area contributed by atoms with Gasteiger partial charge in [0.25, 0.3) is 0 Å². The molecule has 1 fully saturated rings. The summed E-state index contributed by atoms with van der Waals surface area (Å²) >= 11 is 1.93. The SMILES string of the molecule is COc1ccccc1C1(O)CCSCC1CN(C)C. The van der Waals surface area contributed by atoms with Crippen LogP contribution in [0.25, 0.3) is 0 Å². The van der Waals surface area contributed by atoms with Gasteiger partial charge in [-0.2, -0.15) is 11.8 Å². The largest absolute Gasteiger partial charge is 0.496 e. The molecule has 1 saturated heterocycles. The molecular weight excluding hydrogens is 258 g/mol. The van der Waals surface area contributed by atoms with Gasteiger partial charge in [-0.1, -0.05) is 18.2 Å². The first-order valence-corrected chi connectivity index (χ1v) is 7.81. The lowest BCUT2D eigenvalue weighted by molar-refractivity contribution is -0.0310. The van der Waals surface area contributed by atoms with Crippen molar-refractivity contribution in [1.29, 1.82) is 0 Å². The number of thioether (sulfide) groups is 1. The summed E-state index contributed by atoms with van der Waals surface area (Å²) in [6, 6.07) is 7.85. The van der Waals surface area contributed by atoms with Gasteiger partial charge in [0.2, 0.25) is 0 Å². The Kier molecular flexibility index (Phi) is 4.76. The van der Waals surface area contributed by atoms with Crippen LogP contribution in [0.5, 0.6) is 5.75 Å². The summed E-state index contributed by atoms with van der Waals surface area (Å²) in [5, 5.41) is 11.2. The Morgan fingerprint density at radius 2 is 2.16 bits per heavy atom. The monoisotopic (exact) mass is 281 g/mol. The van der Waals surface area contributed by atoms with Gasteiger partial charge < -0.3 is 14.7 Å².